The van der Waals surface area contributed by atoms with Crippen molar-refractivity contribution in [2.45, 2.75) is 19.8 Å². The molecule has 0 spiro atoms. The lowest BCUT2D eigenvalue weighted by atomic mass is 9.94. The third-order valence-electron chi connectivity index (χ3n) is 6.63. The molecular weight excluding hydrogens is 414 g/mol. The monoisotopic (exact) mass is 441 g/mol. The molecule has 0 saturated carbocycles. The predicted octanol–water partition coefficient (Wildman–Crippen LogP) is 3.87. The van der Waals surface area contributed by atoms with Gasteiger partial charge < -0.3 is 9.80 Å². The number of rotatable bonds is 5. The van der Waals surface area contributed by atoms with Gasteiger partial charge in [-0.1, -0.05) is 36.4 Å². The van der Waals surface area contributed by atoms with E-state index in [9.17, 15) is 14.4 Å². The minimum atomic E-state index is -0.275. The molecule has 0 atom stereocenters. The highest BCUT2D eigenvalue weighted by atomic mass is 16.2. The Morgan fingerprint density at radius 1 is 0.848 bits per heavy atom. The standard InChI is InChI=1S/C27H27N3O3/c1-19-6-2-9-21(18-19)28-14-16-29(17-15-28)24(31)12-5-13-30-26(32)22-10-3-7-20-8-4-11-23(25(20)22)27(30)33/h2-4,6-11,18H,5,12-17H2,1H3. The van der Waals surface area contributed by atoms with Crippen LogP contribution < -0.4 is 4.90 Å². The van der Waals surface area contributed by atoms with Crippen LogP contribution in [-0.4, -0.2) is 60.2 Å². The van der Waals surface area contributed by atoms with E-state index in [4.69, 9.17) is 0 Å². The van der Waals surface area contributed by atoms with Crippen LogP contribution in [0.4, 0.5) is 5.69 Å². The largest absolute Gasteiger partial charge is 0.368 e. The van der Waals surface area contributed by atoms with Crippen LogP contribution in [0.25, 0.3) is 10.8 Å². The number of imide groups is 1. The van der Waals surface area contributed by atoms with Gasteiger partial charge in [-0.2, -0.15) is 0 Å². The van der Waals surface area contributed by atoms with Crippen molar-refractivity contribution >= 4 is 34.2 Å². The average molecular weight is 442 g/mol. The van der Waals surface area contributed by atoms with Gasteiger partial charge in [0, 0.05) is 61.3 Å². The summed E-state index contributed by atoms with van der Waals surface area (Å²) in [7, 11) is 0. The van der Waals surface area contributed by atoms with Gasteiger partial charge in [-0.25, -0.2) is 0 Å². The van der Waals surface area contributed by atoms with E-state index >= 15 is 0 Å². The lowest BCUT2D eigenvalue weighted by Crippen LogP contribution is -2.49. The SMILES string of the molecule is Cc1cccc(N2CCN(C(=O)CCCN3C(=O)c4cccc5cccc(c45)C3=O)CC2)c1. The quantitative estimate of drug-likeness (QED) is 0.564. The molecule has 0 aliphatic carbocycles. The van der Waals surface area contributed by atoms with Crippen LogP contribution in [0, 0.1) is 6.92 Å². The van der Waals surface area contributed by atoms with Crippen LogP contribution in [0.5, 0.6) is 0 Å². The average Bonchev–Trinajstić information content (AvgIpc) is 2.84. The van der Waals surface area contributed by atoms with Gasteiger partial charge in [-0.15, -0.1) is 0 Å². The molecule has 3 aromatic rings. The molecule has 0 aromatic heterocycles. The van der Waals surface area contributed by atoms with Crippen LogP contribution in [-0.2, 0) is 4.79 Å². The molecule has 33 heavy (non-hydrogen) atoms. The molecular formula is C27H27N3O3. The summed E-state index contributed by atoms with van der Waals surface area (Å²) in [6.45, 7) is 5.31. The summed E-state index contributed by atoms with van der Waals surface area (Å²) in [5.74, 6) is -0.467. The maximum atomic E-state index is 13.0. The number of carbonyl (C=O) groups excluding carboxylic acids is 3. The Labute approximate surface area is 193 Å². The molecule has 6 nitrogen and oxygen atoms in total. The highest BCUT2D eigenvalue weighted by molar-refractivity contribution is 6.25. The van der Waals surface area contributed by atoms with Crippen LogP contribution in [0.3, 0.4) is 0 Å². The highest BCUT2D eigenvalue weighted by Crippen LogP contribution is 2.30. The predicted molar refractivity (Wildman–Crippen MR) is 129 cm³/mol. The summed E-state index contributed by atoms with van der Waals surface area (Å²) in [6.07, 6.45) is 0.792. The first-order valence-corrected chi connectivity index (χ1v) is 11.5. The molecule has 5 rings (SSSR count). The summed E-state index contributed by atoms with van der Waals surface area (Å²) in [4.78, 5) is 44.2. The Bertz CT molecular complexity index is 1190. The third-order valence-corrected chi connectivity index (χ3v) is 6.63. The van der Waals surface area contributed by atoms with Crippen LogP contribution in [0.15, 0.2) is 60.7 Å². The van der Waals surface area contributed by atoms with Crippen molar-refractivity contribution in [1.82, 2.24) is 9.80 Å². The van der Waals surface area contributed by atoms with Gasteiger partial charge in [0.2, 0.25) is 5.91 Å². The van der Waals surface area contributed by atoms with Gasteiger partial charge in [0.25, 0.3) is 11.8 Å². The second-order valence-corrected chi connectivity index (χ2v) is 8.78. The second kappa shape index (κ2) is 8.70. The maximum absolute atomic E-state index is 13.0. The zero-order valence-corrected chi connectivity index (χ0v) is 18.8. The number of carbonyl (C=O) groups is 3. The van der Waals surface area contributed by atoms with E-state index in [0.29, 0.717) is 37.1 Å². The molecule has 0 N–H and O–H groups in total. The zero-order chi connectivity index (χ0) is 22.9. The molecule has 168 valence electrons. The topological polar surface area (TPSA) is 60.9 Å². The molecule has 1 fully saturated rings. The number of benzene rings is 3. The minimum Gasteiger partial charge on any atom is -0.368 e. The van der Waals surface area contributed by atoms with Crippen molar-refractivity contribution in [3.63, 3.8) is 0 Å². The fraction of sp³-hybridized carbons (Fsp3) is 0.296. The number of hydrogen-bond donors (Lipinski definition) is 0. The first-order valence-electron chi connectivity index (χ1n) is 11.5. The van der Waals surface area contributed by atoms with Crippen molar-refractivity contribution in [2.75, 3.05) is 37.6 Å². The van der Waals surface area contributed by atoms with Crippen molar-refractivity contribution in [3.05, 3.63) is 77.4 Å². The van der Waals surface area contributed by atoms with E-state index in [1.807, 2.05) is 29.2 Å². The van der Waals surface area contributed by atoms with E-state index < -0.39 is 0 Å². The van der Waals surface area contributed by atoms with Crippen LogP contribution >= 0.6 is 0 Å². The summed E-state index contributed by atoms with van der Waals surface area (Å²) >= 11 is 0. The summed E-state index contributed by atoms with van der Waals surface area (Å²) < 4.78 is 0. The second-order valence-electron chi connectivity index (χ2n) is 8.78. The lowest BCUT2D eigenvalue weighted by Gasteiger charge is -2.36. The van der Waals surface area contributed by atoms with Crippen molar-refractivity contribution < 1.29 is 14.4 Å². The molecule has 2 heterocycles. The van der Waals surface area contributed by atoms with E-state index in [1.165, 1.54) is 16.2 Å². The van der Waals surface area contributed by atoms with Crippen molar-refractivity contribution in [2.24, 2.45) is 0 Å². The van der Waals surface area contributed by atoms with Gasteiger partial charge in [-0.05, 0) is 48.6 Å². The van der Waals surface area contributed by atoms with Crippen molar-refractivity contribution in [3.8, 4) is 0 Å². The number of amides is 3. The molecule has 0 bridgehead atoms. The number of anilines is 1. The molecule has 3 aromatic carbocycles. The molecule has 2 aliphatic heterocycles. The number of piperazine rings is 1. The first kappa shape index (κ1) is 21.2. The van der Waals surface area contributed by atoms with Gasteiger partial charge in [0.1, 0.15) is 0 Å². The first-order chi connectivity index (χ1) is 16.0. The number of hydrogen-bond acceptors (Lipinski definition) is 4. The Balaban J connectivity index is 1.17. The fourth-order valence-electron chi connectivity index (χ4n) is 4.87. The summed E-state index contributed by atoms with van der Waals surface area (Å²) in [5.41, 5.74) is 3.54. The molecule has 6 heteroatoms. The van der Waals surface area contributed by atoms with Gasteiger partial charge in [0.05, 0.1) is 0 Å². The maximum Gasteiger partial charge on any atom is 0.261 e. The molecule has 3 amide bonds. The van der Waals surface area contributed by atoms with Gasteiger partial charge in [-0.3, -0.25) is 19.3 Å². The molecule has 0 unspecified atom stereocenters. The smallest absolute Gasteiger partial charge is 0.261 e. The van der Waals surface area contributed by atoms with Crippen LogP contribution in [0.1, 0.15) is 39.1 Å². The van der Waals surface area contributed by atoms with E-state index in [2.05, 4.69) is 36.1 Å². The minimum absolute atomic E-state index is 0.0818. The highest BCUT2D eigenvalue weighted by Gasteiger charge is 2.32. The summed E-state index contributed by atoms with van der Waals surface area (Å²) in [6, 6.07) is 19.5. The Hall–Kier alpha value is -3.67. The van der Waals surface area contributed by atoms with E-state index in [-0.39, 0.29) is 24.3 Å². The van der Waals surface area contributed by atoms with Gasteiger partial charge >= 0.3 is 0 Å². The molecule has 2 aliphatic rings. The number of nitrogens with zero attached hydrogens (tertiary/aromatic N) is 3. The summed E-state index contributed by atoms with van der Waals surface area (Å²) in [5, 5.41) is 1.63. The lowest BCUT2D eigenvalue weighted by molar-refractivity contribution is -0.131. The van der Waals surface area contributed by atoms with Crippen molar-refractivity contribution in [1.29, 1.82) is 0 Å². The van der Waals surface area contributed by atoms with E-state index in [0.717, 1.165) is 23.9 Å². The van der Waals surface area contributed by atoms with Gasteiger partial charge in [0.15, 0.2) is 0 Å². The van der Waals surface area contributed by atoms with Crippen LogP contribution in [0.2, 0.25) is 0 Å². The third kappa shape index (κ3) is 3.97. The fourth-order valence-corrected chi connectivity index (χ4v) is 4.87. The Kier molecular flexibility index (Phi) is 5.58. The molecule has 1 saturated heterocycles. The zero-order valence-electron chi connectivity index (χ0n) is 18.8. The Morgan fingerprint density at radius 2 is 1.48 bits per heavy atom. The van der Waals surface area contributed by atoms with E-state index in [1.54, 1.807) is 12.1 Å². The Morgan fingerprint density at radius 3 is 2.12 bits per heavy atom. The normalized spacial score (nSPS) is 16.0. The molecule has 0 radical (unpaired) electrons. The number of aryl methyl sites for hydroxylation is 1.